The van der Waals surface area contributed by atoms with Gasteiger partial charge in [0.15, 0.2) is 0 Å². The van der Waals surface area contributed by atoms with Crippen molar-refractivity contribution in [3.05, 3.63) is 23.2 Å². The summed E-state index contributed by atoms with van der Waals surface area (Å²) in [5.41, 5.74) is 9.90. The van der Waals surface area contributed by atoms with E-state index in [-0.39, 0.29) is 6.47 Å². The molecule has 1 aliphatic carbocycles. The second-order valence-corrected chi connectivity index (χ2v) is 8.06. The van der Waals surface area contributed by atoms with Crippen molar-refractivity contribution in [2.45, 2.75) is 84.0 Å². The van der Waals surface area contributed by atoms with Crippen molar-refractivity contribution in [3.63, 3.8) is 0 Å². The van der Waals surface area contributed by atoms with Gasteiger partial charge in [-0.15, -0.1) is 0 Å². The molecule has 1 saturated heterocycles. The molecule has 3 rings (SSSR count). The summed E-state index contributed by atoms with van der Waals surface area (Å²) in [6, 6.07) is 0. The second-order valence-electron chi connectivity index (χ2n) is 8.06. The predicted octanol–water partition coefficient (Wildman–Crippen LogP) is 4.48. The van der Waals surface area contributed by atoms with Crippen molar-refractivity contribution < 1.29 is 9.90 Å². The first kappa shape index (κ1) is 23.3. The third-order valence-electron chi connectivity index (χ3n) is 5.82. The minimum Gasteiger partial charge on any atom is -0.483 e. The zero-order chi connectivity index (χ0) is 20.9. The summed E-state index contributed by atoms with van der Waals surface area (Å²) < 4.78 is 0. The van der Waals surface area contributed by atoms with E-state index in [1.165, 1.54) is 76.6 Å². The molecule has 6 nitrogen and oxygen atoms in total. The summed E-state index contributed by atoms with van der Waals surface area (Å²) in [5.74, 6) is 1.63. The lowest BCUT2D eigenvalue weighted by Gasteiger charge is -2.26. The molecule has 0 unspecified atom stereocenters. The number of allylic oxidation sites excluding steroid dienone is 2. The molecule has 2 heterocycles. The molecule has 0 bridgehead atoms. The van der Waals surface area contributed by atoms with Gasteiger partial charge in [-0.05, 0) is 70.2 Å². The minimum atomic E-state index is -0.250. The highest BCUT2D eigenvalue weighted by Crippen LogP contribution is 2.32. The number of nitrogens with two attached hydrogens (primary N) is 1. The van der Waals surface area contributed by atoms with Gasteiger partial charge in [-0.1, -0.05) is 38.7 Å². The smallest absolute Gasteiger partial charge is 0.290 e. The number of hydrogen-bond acceptors (Lipinski definition) is 5. The average molecular weight is 403 g/mol. The van der Waals surface area contributed by atoms with Crippen LogP contribution in [0.1, 0.15) is 88.2 Å². The molecule has 0 spiro atoms. The van der Waals surface area contributed by atoms with Crippen molar-refractivity contribution in [2.75, 3.05) is 25.4 Å². The quantitative estimate of drug-likeness (QED) is 0.443. The van der Waals surface area contributed by atoms with E-state index in [9.17, 15) is 0 Å². The van der Waals surface area contributed by atoms with Gasteiger partial charge in [0, 0.05) is 12.0 Å². The Morgan fingerprint density at radius 3 is 2.52 bits per heavy atom. The molecular weight excluding hydrogens is 364 g/mol. The first-order chi connectivity index (χ1) is 14.2. The molecule has 0 saturated carbocycles. The van der Waals surface area contributed by atoms with Crippen LogP contribution in [0.3, 0.4) is 0 Å². The van der Waals surface area contributed by atoms with Gasteiger partial charge in [-0.3, -0.25) is 4.79 Å². The molecule has 0 aromatic carbocycles. The van der Waals surface area contributed by atoms with Crippen LogP contribution >= 0.6 is 0 Å². The monoisotopic (exact) mass is 402 g/mol. The van der Waals surface area contributed by atoms with Crippen LogP contribution in [0.15, 0.2) is 6.08 Å². The van der Waals surface area contributed by atoms with Crippen molar-refractivity contribution in [1.82, 2.24) is 14.9 Å². The maximum atomic E-state index is 8.36. The molecule has 6 heteroatoms. The maximum absolute atomic E-state index is 8.36. The van der Waals surface area contributed by atoms with E-state index in [1.807, 2.05) is 0 Å². The number of piperidine rings is 1. The van der Waals surface area contributed by atoms with E-state index in [0.717, 1.165) is 42.8 Å². The van der Waals surface area contributed by atoms with Gasteiger partial charge in [0.2, 0.25) is 0 Å². The molecule has 162 valence electrons. The van der Waals surface area contributed by atoms with Crippen LogP contribution in [0.2, 0.25) is 0 Å². The summed E-state index contributed by atoms with van der Waals surface area (Å²) in [5, 5.41) is 6.89. The fraction of sp³-hybridized carbons (Fsp3) is 0.696. The number of fused-ring (bicyclic) bond motifs is 1. The standard InChI is InChI=1S/C22H36N4.CH2O2/c1-2-3-12-20-24-21-18(13-14-19(21)22(23)25-20)11-7-4-5-8-15-26-16-9-6-10-17-26;2-1-3/h13H,2-12,14-17H2,1H3,(H2,23,24,25);1H,(H,2,3). The topological polar surface area (TPSA) is 92.3 Å². The summed E-state index contributed by atoms with van der Waals surface area (Å²) >= 11 is 0. The third-order valence-corrected chi connectivity index (χ3v) is 5.82. The number of anilines is 1. The third kappa shape index (κ3) is 7.77. The Bertz CT molecular complexity index is 655. The summed E-state index contributed by atoms with van der Waals surface area (Å²) in [7, 11) is 0. The van der Waals surface area contributed by atoms with Crippen LogP contribution in [0.5, 0.6) is 0 Å². The Kier molecular flexibility index (Phi) is 10.7. The van der Waals surface area contributed by atoms with Crippen molar-refractivity contribution in [3.8, 4) is 0 Å². The fourth-order valence-corrected chi connectivity index (χ4v) is 4.19. The first-order valence-corrected chi connectivity index (χ1v) is 11.3. The number of aryl methyl sites for hydroxylation is 1. The molecule has 29 heavy (non-hydrogen) atoms. The number of unbranched alkanes of at least 4 members (excludes halogenated alkanes) is 4. The summed E-state index contributed by atoms with van der Waals surface area (Å²) in [6.45, 7) is 5.90. The highest BCUT2D eigenvalue weighted by Gasteiger charge is 2.20. The van der Waals surface area contributed by atoms with Gasteiger partial charge in [0.1, 0.15) is 11.6 Å². The zero-order valence-corrected chi connectivity index (χ0v) is 18.0. The molecule has 2 aliphatic rings. The Morgan fingerprint density at radius 1 is 1.07 bits per heavy atom. The predicted molar refractivity (Wildman–Crippen MR) is 119 cm³/mol. The van der Waals surface area contributed by atoms with Gasteiger partial charge in [-0.2, -0.15) is 0 Å². The van der Waals surface area contributed by atoms with E-state index in [4.69, 9.17) is 20.6 Å². The molecule has 1 aliphatic heterocycles. The molecule has 1 aromatic rings. The van der Waals surface area contributed by atoms with Gasteiger partial charge >= 0.3 is 0 Å². The largest absolute Gasteiger partial charge is 0.483 e. The van der Waals surface area contributed by atoms with Crippen molar-refractivity contribution >= 4 is 17.9 Å². The first-order valence-electron chi connectivity index (χ1n) is 11.3. The summed E-state index contributed by atoms with van der Waals surface area (Å²) in [6.07, 6.45) is 17.2. The van der Waals surface area contributed by atoms with Crippen LogP contribution in [0.25, 0.3) is 5.57 Å². The van der Waals surface area contributed by atoms with Gasteiger partial charge < -0.3 is 15.7 Å². The molecular formula is C23H38N4O2. The summed E-state index contributed by atoms with van der Waals surface area (Å²) in [4.78, 5) is 20.4. The van der Waals surface area contributed by atoms with Gasteiger partial charge in [-0.25, -0.2) is 9.97 Å². The Hall–Kier alpha value is -1.95. The lowest BCUT2D eigenvalue weighted by molar-refractivity contribution is -0.122. The highest BCUT2D eigenvalue weighted by molar-refractivity contribution is 5.73. The molecule has 0 amide bonds. The van der Waals surface area contributed by atoms with Crippen molar-refractivity contribution in [1.29, 1.82) is 0 Å². The van der Waals surface area contributed by atoms with E-state index < -0.39 is 0 Å². The van der Waals surface area contributed by atoms with Crippen molar-refractivity contribution in [2.24, 2.45) is 0 Å². The normalized spacial score (nSPS) is 16.0. The molecule has 0 radical (unpaired) electrons. The van der Waals surface area contributed by atoms with Crippen LogP contribution < -0.4 is 5.73 Å². The number of rotatable bonds is 10. The van der Waals surface area contributed by atoms with Gasteiger partial charge in [0.05, 0.1) is 5.69 Å². The lowest BCUT2D eigenvalue weighted by Crippen LogP contribution is -2.30. The maximum Gasteiger partial charge on any atom is 0.290 e. The van der Waals surface area contributed by atoms with Gasteiger partial charge in [0.25, 0.3) is 6.47 Å². The number of likely N-dealkylation sites (tertiary alicyclic amines) is 1. The van der Waals surface area contributed by atoms with E-state index >= 15 is 0 Å². The van der Waals surface area contributed by atoms with Crippen LogP contribution in [-0.2, 0) is 17.6 Å². The van der Waals surface area contributed by atoms with Crippen LogP contribution in [-0.4, -0.2) is 46.1 Å². The number of carboxylic acid groups (broad SMARTS) is 1. The SMILES string of the molecule is CCCCc1nc(N)c2c(n1)C(CCCCCCN1CCCCC1)=CC2.O=CO. The number of carbonyl (C=O) groups is 1. The van der Waals surface area contributed by atoms with Crippen LogP contribution in [0, 0.1) is 0 Å². The highest BCUT2D eigenvalue weighted by atomic mass is 16.3. The molecule has 1 aromatic heterocycles. The fourth-order valence-electron chi connectivity index (χ4n) is 4.19. The molecule has 1 fully saturated rings. The number of aromatic nitrogens is 2. The number of nitrogens with zero attached hydrogens (tertiary/aromatic N) is 3. The number of nitrogen functional groups attached to an aromatic ring is 1. The van der Waals surface area contributed by atoms with E-state index in [1.54, 1.807) is 0 Å². The van der Waals surface area contributed by atoms with E-state index in [0.29, 0.717) is 5.82 Å². The average Bonchev–Trinajstić information content (AvgIpc) is 3.14. The minimum absolute atomic E-state index is 0.250. The lowest BCUT2D eigenvalue weighted by atomic mass is 10.0. The Morgan fingerprint density at radius 2 is 1.79 bits per heavy atom. The Labute approximate surface area is 175 Å². The van der Waals surface area contributed by atoms with E-state index in [2.05, 4.69) is 22.9 Å². The molecule has 0 atom stereocenters. The molecule has 3 N–H and O–H groups in total. The second kappa shape index (κ2) is 13.3. The van der Waals surface area contributed by atoms with Crippen LogP contribution in [0.4, 0.5) is 5.82 Å². The Balaban J connectivity index is 0.000000941. The number of hydrogen-bond donors (Lipinski definition) is 2. The zero-order valence-electron chi connectivity index (χ0n) is 18.0.